The molecule has 7 nitrogen and oxygen atoms in total. The van der Waals surface area contributed by atoms with E-state index < -0.39 is 17.8 Å². The van der Waals surface area contributed by atoms with E-state index in [1.807, 2.05) is 13.0 Å². The lowest BCUT2D eigenvalue weighted by atomic mass is 10.1. The molecule has 0 saturated heterocycles. The van der Waals surface area contributed by atoms with Gasteiger partial charge >= 0.3 is 17.8 Å². The van der Waals surface area contributed by atoms with E-state index in [-0.39, 0.29) is 0 Å². The Balaban J connectivity index is 1.50. The highest BCUT2D eigenvalue weighted by Crippen LogP contribution is 2.15. The largest absolute Gasteiger partial charge is 0.423 e. The molecule has 0 spiro atoms. The second-order valence-corrected chi connectivity index (χ2v) is 7.40. The number of benzene rings is 3. The zero-order chi connectivity index (χ0) is 22.2. The molecular weight excluding hydrogens is 462 g/mol. The molecule has 0 heterocycles. The highest BCUT2D eigenvalue weighted by molar-refractivity contribution is 9.10. The number of anilines is 1. The first-order valence-corrected chi connectivity index (χ1v) is 9.99. The Hall–Kier alpha value is -3.78. The van der Waals surface area contributed by atoms with Crippen molar-refractivity contribution in [3.8, 4) is 5.75 Å². The van der Waals surface area contributed by atoms with Crippen LogP contribution < -0.4 is 15.5 Å². The van der Waals surface area contributed by atoms with Crippen molar-refractivity contribution in [2.75, 3.05) is 5.32 Å². The molecule has 3 aromatic carbocycles. The van der Waals surface area contributed by atoms with Crippen LogP contribution in [-0.2, 0) is 9.59 Å². The molecule has 3 aromatic rings. The van der Waals surface area contributed by atoms with Gasteiger partial charge < -0.3 is 10.1 Å². The molecule has 0 unspecified atom stereocenters. The summed E-state index contributed by atoms with van der Waals surface area (Å²) in [6.45, 7) is 1.90. The second kappa shape index (κ2) is 10.3. The number of carbonyl (C=O) groups excluding carboxylic acids is 3. The van der Waals surface area contributed by atoms with E-state index >= 15 is 0 Å². The third-order valence-corrected chi connectivity index (χ3v) is 4.56. The monoisotopic (exact) mass is 479 g/mol. The molecule has 0 aliphatic heterocycles. The molecule has 8 heteroatoms. The Bertz CT molecular complexity index is 1130. The standard InChI is InChI=1S/C23H18BrN3O4/c1-15-3-2-4-17(13-15)23(30)31-20-11-5-16(6-12-20)14-25-27-22(29)21(28)26-19-9-7-18(24)8-10-19/h2-14H,1H3,(H,26,28)(H,27,29). The number of aryl methyl sites for hydroxylation is 1. The molecule has 31 heavy (non-hydrogen) atoms. The van der Waals surface area contributed by atoms with Crippen molar-refractivity contribution in [1.29, 1.82) is 0 Å². The average molecular weight is 480 g/mol. The summed E-state index contributed by atoms with van der Waals surface area (Å²) >= 11 is 3.29. The number of halogens is 1. The maximum absolute atomic E-state index is 12.2. The van der Waals surface area contributed by atoms with Gasteiger partial charge in [0.1, 0.15) is 5.75 Å². The summed E-state index contributed by atoms with van der Waals surface area (Å²) in [5.74, 6) is -1.81. The van der Waals surface area contributed by atoms with Gasteiger partial charge in [-0.2, -0.15) is 5.10 Å². The molecule has 0 aliphatic carbocycles. The van der Waals surface area contributed by atoms with Crippen molar-refractivity contribution in [3.63, 3.8) is 0 Å². The number of amides is 2. The van der Waals surface area contributed by atoms with Gasteiger partial charge in [0.15, 0.2) is 0 Å². The Kier molecular flexibility index (Phi) is 7.29. The molecule has 0 bridgehead atoms. The van der Waals surface area contributed by atoms with E-state index in [4.69, 9.17) is 4.74 Å². The fourth-order valence-corrected chi connectivity index (χ4v) is 2.76. The summed E-state index contributed by atoms with van der Waals surface area (Å²) in [4.78, 5) is 35.9. The molecule has 0 fully saturated rings. The molecule has 0 saturated carbocycles. The van der Waals surface area contributed by atoms with E-state index in [1.165, 1.54) is 6.21 Å². The fraction of sp³-hybridized carbons (Fsp3) is 0.0435. The zero-order valence-electron chi connectivity index (χ0n) is 16.5. The van der Waals surface area contributed by atoms with E-state index in [2.05, 4.69) is 31.8 Å². The number of hydrogen-bond acceptors (Lipinski definition) is 5. The van der Waals surface area contributed by atoms with Crippen LogP contribution >= 0.6 is 15.9 Å². The minimum Gasteiger partial charge on any atom is -0.423 e. The second-order valence-electron chi connectivity index (χ2n) is 6.49. The molecule has 0 radical (unpaired) electrons. The van der Waals surface area contributed by atoms with Gasteiger partial charge in [-0.3, -0.25) is 9.59 Å². The summed E-state index contributed by atoms with van der Waals surface area (Å²) in [6, 6.07) is 20.5. The van der Waals surface area contributed by atoms with Crippen LogP contribution in [0.15, 0.2) is 82.4 Å². The summed E-state index contributed by atoms with van der Waals surface area (Å²) in [5, 5.41) is 6.23. The maximum Gasteiger partial charge on any atom is 0.343 e. The van der Waals surface area contributed by atoms with Gasteiger partial charge in [-0.15, -0.1) is 0 Å². The lowest BCUT2D eigenvalue weighted by Gasteiger charge is -2.05. The van der Waals surface area contributed by atoms with E-state index in [1.54, 1.807) is 66.7 Å². The smallest absolute Gasteiger partial charge is 0.343 e. The van der Waals surface area contributed by atoms with Crippen LogP contribution in [0.1, 0.15) is 21.5 Å². The Labute approximate surface area is 187 Å². The fourth-order valence-electron chi connectivity index (χ4n) is 2.50. The molecule has 156 valence electrons. The first-order chi connectivity index (χ1) is 14.9. The van der Waals surface area contributed by atoms with Gasteiger partial charge in [0.05, 0.1) is 11.8 Å². The molecule has 0 aromatic heterocycles. The molecule has 0 atom stereocenters. The summed E-state index contributed by atoms with van der Waals surface area (Å²) in [7, 11) is 0. The van der Waals surface area contributed by atoms with Gasteiger partial charge in [0.2, 0.25) is 0 Å². The number of hydrazone groups is 1. The highest BCUT2D eigenvalue weighted by Gasteiger charge is 2.12. The first kappa shape index (κ1) is 21.9. The number of rotatable bonds is 5. The van der Waals surface area contributed by atoms with Gasteiger partial charge in [0, 0.05) is 10.2 Å². The predicted molar refractivity (Wildman–Crippen MR) is 121 cm³/mol. The number of ether oxygens (including phenoxy) is 1. The molecular formula is C23H18BrN3O4. The van der Waals surface area contributed by atoms with Gasteiger partial charge in [-0.05, 0) is 73.2 Å². The lowest BCUT2D eigenvalue weighted by molar-refractivity contribution is -0.136. The Morgan fingerprint density at radius 2 is 1.65 bits per heavy atom. The topological polar surface area (TPSA) is 96.9 Å². The van der Waals surface area contributed by atoms with Gasteiger partial charge in [-0.1, -0.05) is 33.6 Å². The number of nitrogens with zero attached hydrogens (tertiary/aromatic N) is 1. The zero-order valence-corrected chi connectivity index (χ0v) is 18.0. The van der Waals surface area contributed by atoms with E-state index in [9.17, 15) is 14.4 Å². The molecule has 0 aliphatic rings. The van der Waals surface area contributed by atoms with E-state index in [0.29, 0.717) is 22.6 Å². The van der Waals surface area contributed by atoms with Crippen molar-refractivity contribution in [2.45, 2.75) is 6.92 Å². The van der Waals surface area contributed by atoms with Crippen LogP contribution in [0.5, 0.6) is 5.75 Å². The Morgan fingerprint density at radius 3 is 2.32 bits per heavy atom. The molecule has 2 amide bonds. The lowest BCUT2D eigenvalue weighted by Crippen LogP contribution is -2.32. The van der Waals surface area contributed by atoms with Crippen molar-refractivity contribution in [2.24, 2.45) is 5.10 Å². The summed E-state index contributed by atoms with van der Waals surface area (Å²) in [6.07, 6.45) is 1.37. The minimum atomic E-state index is -0.900. The van der Waals surface area contributed by atoms with Crippen LogP contribution in [0.25, 0.3) is 0 Å². The van der Waals surface area contributed by atoms with Crippen molar-refractivity contribution in [1.82, 2.24) is 5.43 Å². The quantitative estimate of drug-likeness (QED) is 0.189. The third-order valence-electron chi connectivity index (χ3n) is 4.03. The van der Waals surface area contributed by atoms with Crippen LogP contribution in [0.3, 0.4) is 0 Å². The number of hydrogen-bond donors (Lipinski definition) is 2. The Morgan fingerprint density at radius 1 is 0.935 bits per heavy atom. The number of esters is 1. The van der Waals surface area contributed by atoms with Crippen LogP contribution in [0.4, 0.5) is 5.69 Å². The average Bonchev–Trinajstić information content (AvgIpc) is 2.76. The van der Waals surface area contributed by atoms with Gasteiger partial charge in [0.25, 0.3) is 0 Å². The van der Waals surface area contributed by atoms with Crippen LogP contribution in [0.2, 0.25) is 0 Å². The maximum atomic E-state index is 12.2. The van der Waals surface area contributed by atoms with E-state index in [0.717, 1.165) is 10.0 Å². The van der Waals surface area contributed by atoms with Crippen LogP contribution in [-0.4, -0.2) is 24.0 Å². The normalized spacial score (nSPS) is 10.5. The minimum absolute atomic E-state index is 0.376. The first-order valence-electron chi connectivity index (χ1n) is 9.19. The number of carbonyl (C=O) groups is 3. The van der Waals surface area contributed by atoms with Crippen LogP contribution in [0, 0.1) is 6.92 Å². The highest BCUT2D eigenvalue weighted by atomic mass is 79.9. The van der Waals surface area contributed by atoms with Gasteiger partial charge in [-0.25, -0.2) is 10.2 Å². The van der Waals surface area contributed by atoms with Crippen molar-refractivity contribution in [3.05, 3.63) is 94.0 Å². The summed E-state index contributed by atoms with van der Waals surface area (Å²) < 4.78 is 6.20. The van der Waals surface area contributed by atoms with Crippen molar-refractivity contribution < 1.29 is 19.1 Å². The predicted octanol–water partition coefficient (Wildman–Crippen LogP) is 4.07. The SMILES string of the molecule is Cc1cccc(C(=O)Oc2ccc(C=NNC(=O)C(=O)Nc3ccc(Br)cc3)cc2)c1. The molecule has 3 rings (SSSR count). The van der Waals surface area contributed by atoms with Crippen molar-refractivity contribution >= 4 is 45.6 Å². The molecule has 2 N–H and O–H groups in total. The third kappa shape index (κ3) is 6.61. The summed E-state index contributed by atoms with van der Waals surface area (Å²) in [5.41, 5.74) is 4.73. The number of nitrogens with one attached hydrogen (secondary N) is 2.